The van der Waals surface area contributed by atoms with Crippen molar-refractivity contribution in [1.29, 1.82) is 0 Å². The van der Waals surface area contributed by atoms with Crippen molar-refractivity contribution in [2.45, 2.75) is 58.2 Å². The number of benzene rings is 1. The third-order valence-corrected chi connectivity index (χ3v) is 5.46. The summed E-state index contributed by atoms with van der Waals surface area (Å²) in [7, 11) is 0. The van der Waals surface area contributed by atoms with E-state index in [1.54, 1.807) is 4.90 Å². The molecule has 2 heterocycles. The molecule has 3 unspecified atom stereocenters. The predicted octanol–water partition coefficient (Wildman–Crippen LogP) is 4.00. The summed E-state index contributed by atoms with van der Waals surface area (Å²) in [6.45, 7) is 0.782. The Morgan fingerprint density at radius 2 is 1.84 bits per heavy atom. The lowest BCUT2D eigenvalue weighted by atomic mass is 10.1. The number of alkyl halides is 4. The van der Waals surface area contributed by atoms with Gasteiger partial charge in [-0.25, -0.2) is 0 Å². The molecule has 6 nitrogen and oxygen atoms in total. The summed E-state index contributed by atoms with van der Waals surface area (Å²) in [5.74, 6) is -0.901. The van der Waals surface area contributed by atoms with Gasteiger partial charge in [0.1, 0.15) is 11.5 Å². The molecular weight excluding hydrogens is 432 g/mol. The number of hydrogen-bond donors (Lipinski definition) is 0. The maximum Gasteiger partial charge on any atom is 0.387 e. The Bertz CT molecular complexity index is 798. The third kappa shape index (κ3) is 6.83. The van der Waals surface area contributed by atoms with Crippen LogP contribution >= 0.6 is 0 Å². The van der Waals surface area contributed by atoms with E-state index >= 15 is 0 Å². The Balaban J connectivity index is 1.67. The average Bonchev–Trinajstić information content (AvgIpc) is 3.13. The van der Waals surface area contributed by atoms with Crippen LogP contribution in [0.25, 0.3) is 6.08 Å². The minimum absolute atomic E-state index is 0.0586. The Morgan fingerprint density at radius 3 is 2.50 bits per heavy atom. The number of nitrogens with zero attached hydrogens (tertiary/aromatic N) is 2. The second kappa shape index (κ2) is 11.0. The van der Waals surface area contributed by atoms with Gasteiger partial charge in [0, 0.05) is 49.9 Å². The molecule has 0 aromatic heterocycles. The fourth-order valence-corrected chi connectivity index (χ4v) is 4.33. The van der Waals surface area contributed by atoms with Crippen molar-refractivity contribution in [3.63, 3.8) is 0 Å². The van der Waals surface area contributed by atoms with Gasteiger partial charge < -0.3 is 19.1 Å². The van der Waals surface area contributed by atoms with E-state index in [9.17, 15) is 22.4 Å². The van der Waals surface area contributed by atoms with Crippen molar-refractivity contribution in [2.24, 2.45) is 0 Å². The number of amides is 1. The van der Waals surface area contributed by atoms with Gasteiger partial charge in [0.2, 0.25) is 5.91 Å². The van der Waals surface area contributed by atoms with Crippen LogP contribution in [0.4, 0.5) is 17.6 Å². The normalized spacial score (nSPS) is 24.6. The van der Waals surface area contributed by atoms with Crippen molar-refractivity contribution in [1.82, 2.24) is 9.80 Å². The Kier molecular flexibility index (Phi) is 8.36. The van der Waals surface area contributed by atoms with Gasteiger partial charge in [-0.3, -0.25) is 9.69 Å². The van der Waals surface area contributed by atoms with Crippen LogP contribution in [0.5, 0.6) is 11.5 Å². The SMILES string of the molecule is CC1CN(CC2CCCN2C(=O)/C=C/c2ccc(OC(F)F)cc2OC(F)F)CC(C)O1. The zero-order valence-corrected chi connectivity index (χ0v) is 18.1. The predicted molar refractivity (Wildman–Crippen MR) is 110 cm³/mol. The monoisotopic (exact) mass is 460 g/mol. The minimum atomic E-state index is -3.15. The van der Waals surface area contributed by atoms with E-state index < -0.39 is 13.2 Å². The molecule has 2 aliphatic rings. The van der Waals surface area contributed by atoms with Crippen LogP contribution in [0.3, 0.4) is 0 Å². The highest BCUT2D eigenvalue weighted by atomic mass is 19.3. The fraction of sp³-hybridized carbons (Fsp3) is 0.591. The topological polar surface area (TPSA) is 51.2 Å². The van der Waals surface area contributed by atoms with Crippen LogP contribution < -0.4 is 9.47 Å². The number of halogens is 4. The zero-order chi connectivity index (χ0) is 23.3. The molecule has 2 fully saturated rings. The quantitative estimate of drug-likeness (QED) is 0.434. The van der Waals surface area contributed by atoms with Gasteiger partial charge in [-0.1, -0.05) is 0 Å². The molecule has 10 heteroatoms. The van der Waals surface area contributed by atoms with Crippen LogP contribution in [0.15, 0.2) is 24.3 Å². The molecule has 1 aromatic carbocycles. The molecule has 3 rings (SSSR count). The molecule has 2 aliphatic heterocycles. The highest BCUT2D eigenvalue weighted by molar-refractivity contribution is 5.92. The second-order valence-corrected chi connectivity index (χ2v) is 8.09. The first-order chi connectivity index (χ1) is 15.2. The van der Waals surface area contributed by atoms with Gasteiger partial charge in [-0.2, -0.15) is 17.6 Å². The minimum Gasteiger partial charge on any atom is -0.435 e. The largest absolute Gasteiger partial charge is 0.435 e. The number of morpholine rings is 1. The van der Waals surface area contributed by atoms with Gasteiger partial charge in [-0.05, 0) is 44.9 Å². The summed E-state index contributed by atoms with van der Waals surface area (Å²) in [6.07, 6.45) is 4.69. The molecule has 0 bridgehead atoms. The van der Waals surface area contributed by atoms with Gasteiger partial charge in [0.25, 0.3) is 0 Å². The van der Waals surface area contributed by atoms with Crippen LogP contribution in [0.1, 0.15) is 32.3 Å². The van der Waals surface area contributed by atoms with E-state index in [1.807, 2.05) is 13.8 Å². The molecule has 0 saturated carbocycles. The lowest BCUT2D eigenvalue weighted by Gasteiger charge is -2.38. The van der Waals surface area contributed by atoms with E-state index in [1.165, 1.54) is 24.3 Å². The summed E-state index contributed by atoms with van der Waals surface area (Å²) in [4.78, 5) is 16.9. The number of rotatable bonds is 8. The van der Waals surface area contributed by atoms with Gasteiger partial charge in [0.15, 0.2) is 0 Å². The Hall–Kier alpha value is -2.33. The number of likely N-dealkylation sites (tertiary alicyclic amines) is 1. The smallest absolute Gasteiger partial charge is 0.387 e. The van der Waals surface area contributed by atoms with E-state index in [0.29, 0.717) is 6.54 Å². The lowest BCUT2D eigenvalue weighted by Crippen LogP contribution is -2.50. The number of ether oxygens (including phenoxy) is 3. The molecule has 0 spiro atoms. The molecule has 0 N–H and O–H groups in total. The van der Waals surface area contributed by atoms with Crippen LogP contribution in [0, 0.1) is 0 Å². The van der Waals surface area contributed by atoms with E-state index in [4.69, 9.17) is 4.74 Å². The Morgan fingerprint density at radius 1 is 1.16 bits per heavy atom. The van der Waals surface area contributed by atoms with Crippen molar-refractivity contribution in [3.8, 4) is 11.5 Å². The lowest BCUT2D eigenvalue weighted by molar-refractivity contribution is -0.127. The zero-order valence-electron chi connectivity index (χ0n) is 18.1. The van der Waals surface area contributed by atoms with Crippen molar-refractivity contribution in [3.05, 3.63) is 29.8 Å². The number of hydrogen-bond acceptors (Lipinski definition) is 5. The van der Waals surface area contributed by atoms with E-state index in [-0.39, 0.29) is 41.2 Å². The molecule has 1 amide bonds. The first-order valence-electron chi connectivity index (χ1n) is 10.6. The summed E-state index contributed by atoms with van der Waals surface area (Å²) >= 11 is 0. The van der Waals surface area contributed by atoms with Crippen LogP contribution in [-0.4, -0.2) is 73.4 Å². The van der Waals surface area contributed by atoms with Gasteiger partial charge in [-0.15, -0.1) is 0 Å². The summed E-state index contributed by atoms with van der Waals surface area (Å²) in [5, 5.41) is 0. The maximum atomic E-state index is 12.8. The van der Waals surface area contributed by atoms with Crippen molar-refractivity contribution < 1.29 is 36.6 Å². The molecule has 32 heavy (non-hydrogen) atoms. The van der Waals surface area contributed by atoms with Crippen LogP contribution in [-0.2, 0) is 9.53 Å². The molecule has 178 valence electrons. The first-order valence-corrected chi connectivity index (χ1v) is 10.6. The highest BCUT2D eigenvalue weighted by Gasteiger charge is 2.31. The molecule has 0 aliphatic carbocycles. The Labute approximate surface area is 184 Å². The van der Waals surface area contributed by atoms with Gasteiger partial charge >= 0.3 is 13.2 Å². The number of carbonyl (C=O) groups excluding carboxylic acids is 1. The third-order valence-electron chi connectivity index (χ3n) is 5.46. The molecule has 1 aromatic rings. The summed E-state index contributed by atoms with van der Waals surface area (Å²) in [5.41, 5.74) is 0.159. The molecule has 3 atom stereocenters. The number of carbonyl (C=O) groups is 1. The fourth-order valence-electron chi connectivity index (χ4n) is 4.33. The highest BCUT2D eigenvalue weighted by Crippen LogP contribution is 2.29. The van der Waals surface area contributed by atoms with E-state index in [2.05, 4.69) is 14.4 Å². The molecule has 0 radical (unpaired) electrons. The molecule has 2 saturated heterocycles. The van der Waals surface area contributed by atoms with Crippen molar-refractivity contribution in [2.75, 3.05) is 26.2 Å². The second-order valence-electron chi connectivity index (χ2n) is 8.09. The average molecular weight is 460 g/mol. The summed E-state index contributed by atoms with van der Waals surface area (Å²) in [6, 6.07) is 3.50. The first kappa shape index (κ1) is 24.3. The maximum absolute atomic E-state index is 12.8. The van der Waals surface area contributed by atoms with Gasteiger partial charge in [0.05, 0.1) is 12.2 Å². The van der Waals surface area contributed by atoms with E-state index in [0.717, 1.165) is 38.5 Å². The standard InChI is InChI=1S/C22H28F4N2O4/c1-14-11-27(12-15(2)30-14)13-17-4-3-9-28(17)20(29)8-6-16-5-7-18(31-21(23)24)10-19(16)32-22(25)26/h5-8,10,14-15,17,21-22H,3-4,9,11-13H2,1-2H3/b8-6+. The summed E-state index contributed by atoms with van der Waals surface area (Å²) < 4.78 is 64.7. The molecular formula is C22H28F4N2O4. The van der Waals surface area contributed by atoms with Crippen molar-refractivity contribution >= 4 is 12.0 Å². The van der Waals surface area contributed by atoms with Crippen LogP contribution in [0.2, 0.25) is 0 Å².